The summed E-state index contributed by atoms with van der Waals surface area (Å²) in [7, 11) is 0. The molecule has 0 saturated heterocycles. The van der Waals surface area contributed by atoms with Crippen LogP contribution in [-0.4, -0.2) is 17.6 Å². The minimum absolute atomic E-state index is 0.318. The molecule has 130 valence electrons. The van der Waals surface area contributed by atoms with Gasteiger partial charge in [0.1, 0.15) is 6.26 Å². The Balaban J connectivity index is 2.07. The van der Waals surface area contributed by atoms with E-state index in [1.54, 1.807) is 12.1 Å². The van der Waals surface area contributed by atoms with Crippen LogP contribution in [0.4, 0.5) is 0 Å². The number of H-pyrrole nitrogens is 1. The largest absolute Gasteiger partial charge is 0.472 e. The number of nitrogens with one attached hydrogen (secondary N) is 1. The first-order valence-electron chi connectivity index (χ1n) is 7.49. The van der Waals surface area contributed by atoms with E-state index in [-0.39, 0.29) is 0 Å². The van der Waals surface area contributed by atoms with Crippen molar-refractivity contribution < 1.29 is 18.7 Å². The number of benzene rings is 1. The molecule has 8 heteroatoms. The first-order chi connectivity index (χ1) is 11.9. The normalized spacial score (nSPS) is 19.8. The molecule has 0 spiro atoms. The Bertz CT molecular complexity index is 980. The van der Waals surface area contributed by atoms with E-state index in [4.69, 9.17) is 48.7 Å². The Labute approximate surface area is 157 Å². The van der Waals surface area contributed by atoms with E-state index in [9.17, 15) is 4.79 Å². The molecule has 0 saturated carbocycles. The third-order valence-electron chi connectivity index (χ3n) is 4.20. The van der Waals surface area contributed by atoms with E-state index < -0.39 is 11.8 Å². The molecule has 0 fully saturated rings. The maximum absolute atomic E-state index is 11.8. The first-order valence-corrected chi connectivity index (χ1v) is 8.62. The maximum Gasteiger partial charge on any atom is 0.305 e. The number of carbonyl (C=O) groups excluding carboxylic acids is 1. The summed E-state index contributed by atoms with van der Waals surface area (Å²) in [5, 5.41) is 1.87. The molecule has 0 amide bonds. The summed E-state index contributed by atoms with van der Waals surface area (Å²) in [5.41, 5.74) is 2.56. The molecule has 3 aromatic rings. The molecule has 5 nitrogen and oxygen atoms in total. The molecule has 25 heavy (non-hydrogen) atoms. The molecular formula is C17H12Cl3NO4. The number of rotatable bonds is 2. The van der Waals surface area contributed by atoms with Gasteiger partial charge in [-0.25, -0.2) is 0 Å². The number of furan rings is 1. The number of esters is 1. The highest BCUT2D eigenvalue weighted by Gasteiger charge is 2.47. The van der Waals surface area contributed by atoms with Crippen molar-refractivity contribution in [1.29, 1.82) is 0 Å². The molecule has 1 unspecified atom stereocenters. The number of aromatic amines is 1. The fourth-order valence-corrected chi connectivity index (χ4v) is 4.02. The third kappa shape index (κ3) is 2.46. The predicted molar refractivity (Wildman–Crippen MR) is 94.2 cm³/mol. The number of aromatic nitrogens is 1. The minimum Gasteiger partial charge on any atom is -0.472 e. The number of fused-ring (bicyclic) bond motifs is 3. The predicted octanol–water partition coefficient (Wildman–Crippen LogP) is 5.06. The highest BCUT2D eigenvalue weighted by Crippen LogP contribution is 2.47. The van der Waals surface area contributed by atoms with Gasteiger partial charge in [-0.1, -0.05) is 34.8 Å². The summed E-state index contributed by atoms with van der Waals surface area (Å²) in [6.07, 6.45) is 3.52. The zero-order valence-corrected chi connectivity index (χ0v) is 15.3. The van der Waals surface area contributed by atoms with Crippen molar-refractivity contribution in [2.45, 2.75) is 19.1 Å². The van der Waals surface area contributed by atoms with Gasteiger partial charge in [0.05, 0.1) is 44.7 Å². The van der Waals surface area contributed by atoms with Crippen molar-refractivity contribution in [3.63, 3.8) is 0 Å². The van der Waals surface area contributed by atoms with Crippen molar-refractivity contribution in [2.24, 2.45) is 0 Å². The Morgan fingerprint density at radius 2 is 2.12 bits per heavy atom. The van der Waals surface area contributed by atoms with Crippen LogP contribution in [0.3, 0.4) is 0 Å². The second kappa shape index (κ2) is 5.95. The van der Waals surface area contributed by atoms with Gasteiger partial charge in [0.2, 0.25) is 0 Å². The van der Waals surface area contributed by atoms with E-state index in [0.717, 1.165) is 5.56 Å². The quantitative estimate of drug-likeness (QED) is 0.482. The lowest BCUT2D eigenvalue weighted by atomic mass is 9.96. The van der Waals surface area contributed by atoms with Gasteiger partial charge in [0.15, 0.2) is 0 Å². The topological polar surface area (TPSA) is 64.5 Å². The number of halogens is 3. The van der Waals surface area contributed by atoms with Gasteiger partial charge in [0, 0.05) is 12.3 Å². The molecular weight excluding hydrogens is 389 g/mol. The lowest BCUT2D eigenvalue weighted by Crippen LogP contribution is -2.40. The Kier molecular flexibility index (Phi) is 4.00. The SMILES string of the molecule is CC(=O)OC1(c2ccoc2)OCCc2c1[nH]c1c(Cl)cc(Cl)c(Cl)c21. The summed E-state index contributed by atoms with van der Waals surface area (Å²) < 4.78 is 16.7. The highest BCUT2D eigenvalue weighted by atomic mass is 35.5. The lowest BCUT2D eigenvalue weighted by Gasteiger charge is -2.35. The van der Waals surface area contributed by atoms with Crippen LogP contribution < -0.4 is 0 Å². The fourth-order valence-electron chi connectivity index (χ4n) is 3.25. The maximum atomic E-state index is 11.8. The fraction of sp³-hybridized carbons (Fsp3) is 0.235. The second-order valence-electron chi connectivity index (χ2n) is 5.70. The number of hydrogen-bond donors (Lipinski definition) is 1. The number of carbonyl (C=O) groups is 1. The standard InChI is InChI=1S/C17H12Cl3NO4/c1-8(22)25-17(9-2-4-23-7-9)16-10(3-5-24-17)13-14(20)11(18)6-12(19)15(13)21-16/h2,4,6-7,21H,3,5H2,1H3. The number of ether oxygens (including phenoxy) is 2. The Morgan fingerprint density at radius 1 is 1.32 bits per heavy atom. The average molecular weight is 401 g/mol. The van der Waals surface area contributed by atoms with Crippen LogP contribution in [0.25, 0.3) is 10.9 Å². The van der Waals surface area contributed by atoms with E-state index in [0.29, 0.717) is 50.3 Å². The van der Waals surface area contributed by atoms with Crippen molar-refractivity contribution in [1.82, 2.24) is 4.98 Å². The molecule has 0 aliphatic carbocycles. The minimum atomic E-state index is -1.45. The van der Waals surface area contributed by atoms with Gasteiger partial charge >= 0.3 is 5.97 Å². The van der Waals surface area contributed by atoms with Crippen molar-refractivity contribution in [3.05, 3.63) is 56.5 Å². The molecule has 0 radical (unpaired) electrons. The van der Waals surface area contributed by atoms with Crippen LogP contribution in [0.15, 0.2) is 29.1 Å². The van der Waals surface area contributed by atoms with Gasteiger partial charge in [-0.15, -0.1) is 0 Å². The van der Waals surface area contributed by atoms with Gasteiger partial charge < -0.3 is 18.9 Å². The summed E-state index contributed by atoms with van der Waals surface area (Å²) in [5.74, 6) is -1.95. The molecule has 1 aromatic carbocycles. The third-order valence-corrected chi connectivity index (χ3v) is 5.29. The van der Waals surface area contributed by atoms with Crippen LogP contribution in [0, 0.1) is 0 Å². The summed E-state index contributed by atoms with van der Waals surface area (Å²) in [6, 6.07) is 3.25. The Morgan fingerprint density at radius 3 is 2.80 bits per heavy atom. The molecule has 3 heterocycles. The second-order valence-corrected chi connectivity index (χ2v) is 6.90. The molecule has 4 rings (SSSR count). The monoisotopic (exact) mass is 399 g/mol. The van der Waals surface area contributed by atoms with Gasteiger partial charge in [0.25, 0.3) is 5.79 Å². The summed E-state index contributed by atoms with van der Waals surface area (Å²) in [4.78, 5) is 15.0. The van der Waals surface area contributed by atoms with Crippen molar-refractivity contribution in [2.75, 3.05) is 6.61 Å². The highest BCUT2D eigenvalue weighted by molar-refractivity contribution is 6.48. The molecule has 1 N–H and O–H groups in total. The number of hydrogen-bond acceptors (Lipinski definition) is 4. The van der Waals surface area contributed by atoms with E-state index in [2.05, 4.69) is 4.98 Å². The molecule has 1 atom stereocenters. The van der Waals surface area contributed by atoms with E-state index in [1.807, 2.05) is 0 Å². The van der Waals surface area contributed by atoms with E-state index >= 15 is 0 Å². The van der Waals surface area contributed by atoms with E-state index in [1.165, 1.54) is 19.5 Å². The molecule has 2 aromatic heterocycles. The zero-order chi connectivity index (χ0) is 17.8. The van der Waals surface area contributed by atoms with Crippen LogP contribution in [0.1, 0.15) is 23.7 Å². The van der Waals surface area contributed by atoms with Gasteiger partial charge in [-0.2, -0.15) is 0 Å². The average Bonchev–Trinajstić information content (AvgIpc) is 3.21. The Hall–Kier alpha value is -1.66. The summed E-state index contributed by atoms with van der Waals surface area (Å²) in [6.45, 7) is 1.64. The van der Waals surface area contributed by atoms with Crippen LogP contribution >= 0.6 is 34.8 Å². The summed E-state index contributed by atoms with van der Waals surface area (Å²) >= 11 is 18.9. The smallest absolute Gasteiger partial charge is 0.305 e. The van der Waals surface area contributed by atoms with Crippen LogP contribution in [0.5, 0.6) is 0 Å². The van der Waals surface area contributed by atoms with Gasteiger partial charge in [-0.3, -0.25) is 4.79 Å². The van der Waals surface area contributed by atoms with Crippen LogP contribution in [0.2, 0.25) is 15.1 Å². The molecule has 1 aliphatic heterocycles. The zero-order valence-electron chi connectivity index (χ0n) is 13.0. The van der Waals surface area contributed by atoms with Crippen molar-refractivity contribution >= 4 is 51.7 Å². The van der Waals surface area contributed by atoms with Crippen molar-refractivity contribution in [3.8, 4) is 0 Å². The van der Waals surface area contributed by atoms with Crippen LogP contribution in [-0.2, 0) is 26.5 Å². The first kappa shape index (κ1) is 16.8. The lowest BCUT2D eigenvalue weighted by molar-refractivity contribution is -0.222. The molecule has 1 aliphatic rings. The molecule has 0 bridgehead atoms. The van der Waals surface area contributed by atoms with Gasteiger partial charge in [-0.05, 0) is 24.1 Å².